The van der Waals surface area contributed by atoms with Crippen molar-refractivity contribution >= 4 is 12.2 Å². The molecule has 1 aromatic carbocycles. The van der Waals surface area contributed by atoms with Crippen molar-refractivity contribution in [3.8, 4) is 0 Å². The molecule has 0 bridgehead atoms. The fourth-order valence-electron chi connectivity index (χ4n) is 0.872. The second kappa shape index (κ2) is 4.98. The lowest BCUT2D eigenvalue weighted by Crippen LogP contribution is -2.01. The van der Waals surface area contributed by atoms with Gasteiger partial charge in [0, 0.05) is 0 Å². The summed E-state index contributed by atoms with van der Waals surface area (Å²) in [5.74, 6) is 0. The summed E-state index contributed by atoms with van der Waals surface area (Å²) in [5, 5.41) is 0. The van der Waals surface area contributed by atoms with E-state index in [1.165, 1.54) is 0 Å². The molecule has 3 heteroatoms. The smallest absolute Gasteiger partial charge is 0.426 e. The number of carbonyl (C=O) groups is 1. The van der Waals surface area contributed by atoms with Gasteiger partial charge in [-0.15, -0.1) is 0 Å². The minimum Gasteiger partial charge on any atom is -0.444 e. The van der Waals surface area contributed by atoms with Gasteiger partial charge in [-0.2, -0.15) is 0 Å². The van der Waals surface area contributed by atoms with Gasteiger partial charge in [-0.1, -0.05) is 36.4 Å². The highest BCUT2D eigenvalue weighted by Gasteiger charge is 1.89. The molecule has 13 heavy (non-hydrogen) atoms. The van der Waals surface area contributed by atoms with E-state index in [4.69, 9.17) is 5.73 Å². The molecule has 1 N–H and O–H groups in total. The molecule has 0 aliphatic carbocycles. The molecular weight excluding hydrogens is 166 g/mol. The fraction of sp³-hybridized carbons (Fsp3) is 0.100. The van der Waals surface area contributed by atoms with Crippen LogP contribution < -0.4 is 5.73 Å². The molecule has 0 atom stereocenters. The maximum absolute atomic E-state index is 10.1. The molecule has 0 aliphatic rings. The zero-order valence-electron chi connectivity index (χ0n) is 7.07. The molecule has 0 saturated heterocycles. The van der Waals surface area contributed by atoms with Gasteiger partial charge in [-0.25, -0.2) is 10.5 Å². The first-order valence-electron chi connectivity index (χ1n) is 3.89. The first-order chi connectivity index (χ1) is 6.29. The molecule has 0 aliphatic heterocycles. The highest BCUT2D eigenvalue weighted by molar-refractivity contribution is 5.64. The lowest BCUT2D eigenvalue weighted by molar-refractivity contribution is 0.167. The van der Waals surface area contributed by atoms with Crippen molar-refractivity contribution in [3.63, 3.8) is 0 Å². The highest BCUT2D eigenvalue weighted by Crippen LogP contribution is 2.00. The molecule has 3 nitrogen and oxygen atoms in total. The first kappa shape index (κ1) is 9.32. The van der Waals surface area contributed by atoms with E-state index >= 15 is 0 Å². The molecule has 67 valence electrons. The minimum atomic E-state index is -1.00. The Hall–Kier alpha value is -1.77. The Morgan fingerprint density at radius 2 is 2.08 bits per heavy atom. The lowest BCUT2D eigenvalue weighted by atomic mass is 10.2. The van der Waals surface area contributed by atoms with E-state index in [9.17, 15) is 4.79 Å². The molecule has 0 spiro atoms. The van der Waals surface area contributed by atoms with E-state index in [1.807, 2.05) is 36.4 Å². The first-order valence-corrected chi connectivity index (χ1v) is 3.89. The molecule has 0 saturated carbocycles. The van der Waals surface area contributed by atoms with Crippen LogP contribution in [0.5, 0.6) is 0 Å². The van der Waals surface area contributed by atoms with E-state index in [-0.39, 0.29) is 6.61 Å². The van der Waals surface area contributed by atoms with Gasteiger partial charge in [-0.3, -0.25) is 0 Å². The van der Waals surface area contributed by atoms with Gasteiger partial charge in [0.2, 0.25) is 0 Å². The third kappa shape index (κ3) is 3.96. The van der Waals surface area contributed by atoms with E-state index < -0.39 is 6.09 Å². The highest BCUT2D eigenvalue weighted by atomic mass is 16.5. The van der Waals surface area contributed by atoms with E-state index in [0.717, 1.165) is 5.56 Å². The second-order valence-electron chi connectivity index (χ2n) is 2.41. The molecule has 0 aromatic heterocycles. The summed E-state index contributed by atoms with van der Waals surface area (Å²) in [5.41, 5.74) is 7.51. The van der Waals surface area contributed by atoms with Gasteiger partial charge in [0.15, 0.2) is 0 Å². The standard InChI is InChI=1S/C10H10NO2/c11-10(12)13-8-4-7-9-5-2-1-3-6-9/h1-7,11H,8H2. The minimum absolute atomic E-state index is 0.150. The van der Waals surface area contributed by atoms with Crippen LogP contribution in [-0.2, 0) is 4.74 Å². The molecule has 0 fully saturated rings. The van der Waals surface area contributed by atoms with Crippen molar-refractivity contribution in [2.45, 2.75) is 0 Å². The molecule has 1 amide bonds. The zero-order valence-corrected chi connectivity index (χ0v) is 7.07. The van der Waals surface area contributed by atoms with Gasteiger partial charge in [0.25, 0.3) is 0 Å². The van der Waals surface area contributed by atoms with Crippen molar-refractivity contribution < 1.29 is 9.53 Å². The molecule has 1 radical (unpaired) electrons. The number of rotatable bonds is 3. The summed E-state index contributed by atoms with van der Waals surface area (Å²) >= 11 is 0. The van der Waals surface area contributed by atoms with Crippen LogP contribution in [0.1, 0.15) is 5.56 Å². The molecule has 1 rings (SSSR count). The summed E-state index contributed by atoms with van der Waals surface area (Å²) in [6.45, 7) is 0.150. The average Bonchev–Trinajstić information content (AvgIpc) is 2.14. The molecule has 1 aromatic rings. The van der Waals surface area contributed by atoms with Crippen LogP contribution in [0.4, 0.5) is 4.79 Å². The van der Waals surface area contributed by atoms with Gasteiger partial charge >= 0.3 is 6.09 Å². The van der Waals surface area contributed by atoms with Crippen molar-refractivity contribution in [1.29, 1.82) is 0 Å². The number of benzene rings is 1. The summed E-state index contributed by atoms with van der Waals surface area (Å²) in [6, 6.07) is 9.67. The predicted molar refractivity (Wildman–Crippen MR) is 49.9 cm³/mol. The normalized spacial score (nSPS) is 10.2. The van der Waals surface area contributed by atoms with Gasteiger partial charge in [0.1, 0.15) is 6.61 Å². The van der Waals surface area contributed by atoms with Crippen LogP contribution in [0.15, 0.2) is 36.4 Å². The number of hydrogen-bond acceptors (Lipinski definition) is 2. The number of carbonyl (C=O) groups excluding carboxylic acids is 1. The van der Waals surface area contributed by atoms with Crippen LogP contribution in [0.2, 0.25) is 0 Å². The maximum atomic E-state index is 10.1. The quantitative estimate of drug-likeness (QED) is 0.708. The number of nitrogens with one attached hydrogen (secondary N) is 1. The second-order valence-corrected chi connectivity index (χ2v) is 2.41. The van der Waals surface area contributed by atoms with Crippen molar-refractivity contribution in [1.82, 2.24) is 5.73 Å². The summed E-state index contributed by atoms with van der Waals surface area (Å²) < 4.78 is 4.40. The van der Waals surface area contributed by atoms with Crippen LogP contribution in [0, 0.1) is 0 Å². The van der Waals surface area contributed by atoms with E-state index in [0.29, 0.717) is 0 Å². The van der Waals surface area contributed by atoms with Crippen molar-refractivity contribution in [2.75, 3.05) is 6.61 Å². The Labute approximate surface area is 76.8 Å². The summed E-state index contributed by atoms with van der Waals surface area (Å²) in [6.07, 6.45) is 2.53. The summed E-state index contributed by atoms with van der Waals surface area (Å²) in [7, 11) is 0. The third-order valence-corrected chi connectivity index (χ3v) is 1.42. The SMILES string of the molecule is [NH]C(=O)OCC=Cc1ccccc1. The number of ether oxygens (including phenoxy) is 1. The number of hydrogen-bond donors (Lipinski definition) is 0. The van der Waals surface area contributed by atoms with Crippen LogP contribution in [-0.4, -0.2) is 12.7 Å². The van der Waals surface area contributed by atoms with E-state index in [1.54, 1.807) is 6.08 Å². The van der Waals surface area contributed by atoms with E-state index in [2.05, 4.69) is 4.74 Å². The Bertz CT molecular complexity index is 293. The van der Waals surface area contributed by atoms with Gasteiger partial charge in [0.05, 0.1) is 0 Å². The Morgan fingerprint density at radius 3 is 2.69 bits per heavy atom. The predicted octanol–water partition coefficient (Wildman–Crippen LogP) is 2.12. The third-order valence-electron chi connectivity index (χ3n) is 1.42. The molecule has 0 unspecified atom stereocenters. The zero-order chi connectivity index (χ0) is 9.52. The van der Waals surface area contributed by atoms with Gasteiger partial charge in [-0.05, 0) is 11.6 Å². The number of amides is 1. The Kier molecular flexibility index (Phi) is 3.57. The maximum Gasteiger partial charge on any atom is 0.426 e. The Balaban J connectivity index is 2.37. The van der Waals surface area contributed by atoms with Gasteiger partial charge < -0.3 is 4.74 Å². The van der Waals surface area contributed by atoms with Crippen LogP contribution in [0.25, 0.3) is 6.08 Å². The fourth-order valence-corrected chi connectivity index (χ4v) is 0.872. The average molecular weight is 176 g/mol. The van der Waals surface area contributed by atoms with Crippen LogP contribution >= 0.6 is 0 Å². The lowest BCUT2D eigenvalue weighted by Gasteiger charge is -1.93. The van der Waals surface area contributed by atoms with Crippen molar-refractivity contribution in [3.05, 3.63) is 42.0 Å². The monoisotopic (exact) mass is 176 g/mol. The topological polar surface area (TPSA) is 50.1 Å². The molecular formula is C10H10NO2. The summed E-state index contributed by atoms with van der Waals surface area (Å²) in [4.78, 5) is 10.1. The molecule has 0 heterocycles. The van der Waals surface area contributed by atoms with Crippen LogP contribution in [0.3, 0.4) is 0 Å². The Morgan fingerprint density at radius 1 is 1.38 bits per heavy atom. The van der Waals surface area contributed by atoms with Crippen molar-refractivity contribution in [2.24, 2.45) is 0 Å². The largest absolute Gasteiger partial charge is 0.444 e.